The molecule has 0 aliphatic heterocycles. The number of esters is 1. The number of rotatable bonds is 5. The van der Waals surface area contributed by atoms with Crippen LogP contribution in [0.3, 0.4) is 0 Å². The topological polar surface area (TPSA) is 108 Å². The van der Waals surface area contributed by atoms with Crippen LogP contribution in [-0.4, -0.2) is 31.1 Å². The smallest absolute Gasteiger partial charge is 0.344 e. The SMILES string of the molecule is NC(=O)NC(=O)COC(=O)COc1ccc(Cl)cc1. The van der Waals surface area contributed by atoms with Gasteiger partial charge in [0.15, 0.2) is 13.2 Å². The zero-order chi connectivity index (χ0) is 14.3. The Balaban J connectivity index is 2.26. The lowest BCUT2D eigenvalue weighted by atomic mass is 10.3. The Bertz CT molecular complexity index is 474. The summed E-state index contributed by atoms with van der Waals surface area (Å²) in [5.74, 6) is -1.13. The number of carbonyl (C=O) groups excluding carboxylic acids is 3. The number of urea groups is 1. The molecule has 7 nitrogen and oxygen atoms in total. The number of primary amides is 1. The van der Waals surface area contributed by atoms with E-state index >= 15 is 0 Å². The van der Waals surface area contributed by atoms with Gasteiger partial charge in [-0.3, -0.25) is 10.1 Å². The van der Waals surface area contributed by atoms with Crippen molar-refractivity contribution in [1.82, 2.24) is 5.32 Å². The highest BCUT2D eigenvalue weighted by atomic mass is 35.5. The minimum atomic E-state index is -1.02. The molecule has 8 heteroatoms. The van der Waals surface area contributed by atoms with Crippen molar-refractivity contribution >= 4 is 29.5 Å². The van der Waals surface area contributed by atoms with Crippen LogP contribution in [-0.2, 0) is 14.3 Å². The quantitative estimate of drug-likeness (QED) is 0.764. The minimum Gasteiger partial charge on any atom is -0.482 e. The lowest BCUT2D eigenvalue weighted by molar-refractivity contribution is -0.150. The zero-order valence-corrected chi connectivity index (χ0v) is 10.5. The van der Waals surface area contributed by atoms with E-state index in [9.17, 15) is 14.4 Å². The van der Waals surface area contributed by atoms with Crippen LogP contribution in [0.15, 0.2) is 24.3 Å². The number of carbonyl (C=O) groups is 3. The van der Waals surface area contributed by atoms with Gasteiger partial charge in [-0.15, -0.1) is 0 Å². The van der Waals surface area contributed by atoms with Gasteiger partial charge in [-0.05, 0) is 24.3 Å². The third-order valence-electron chi connectivity index (χ3n) is 1.80. The number of benzene rings is 1. The van der Waals surface area contributed by atoms with E-state index < -0.39 is 24.5 Å². The number of imide groups is 1. The van der Waals surface area contributed by atoms with Gasteiger partial charge >= 0.3 is 12.0 Å². The molecule has 0 aromatic heterocycles. The Kier molecular flexibility index (Phi) is 5.62. The van der Waals surface area contributed by atoms with E-state index in [1.54, 1.807) is 29.6 Å². The van der Waals surface area contributed by atoms with E-state index in [0.717, 1.165) is 0 Å². The van der Waals surface area contributed by atoms with E-state index in [1.807, 2.05) is 0 Å². The van der Waals surface area contributed by atoms with E-state index in [2.05, 4.69) is 4.74 Å². The Morgan fingerprint density at radius 3 is 2.37 bits per heavy atom. The van der Waals surface area contributed by atoms with E-state index in [0.29, 0.717) is 10.8 Å². The second-order valence-electron chi connectivity index (χ2n) is 3.32. The van der Waals surface area contributed by atoms with Crippen molar-refractivity contribution in [1.29, 1.82) is 0 Å². The van der Waals surface area contributed by atoms with Gasteiger partial charge in [-0.25, -0.2) is 9.59 Å². The van der Waals surface area contributed by atoms with Crippen molar-refractivity contribution in [3.05, 3.63) is 29.3 Å². The van der Waals surface area contributed by atoms with E-state index in [1.165, 1.54) is 0 Å². The van der Waals surface area contributed by atoms with Gasteiger partial charge in [0.2, 0.25) is 0 Å². The van der Waals surface area contributed by atoms with Crippen LogP contribution in [0.25, 0.3) is 0 Å². The normalized spacial score (nSPS) is 9.53. The summed E-state index contributed by atoms with van der Waals surface area (Å²) in [6.45, 7) is -0.975. The molecule has 3 N–H and O–H groups in total. The van der Waals surface area contributed by atoms with Crippen molar-refractivity contribution < 1.29 is 23.9 Å². The summed E-state index contributed by atoms with van der Waals surface area (Å²) in [6.07, 6.45) is 0. The molecule has 0 aliphatic carbocycles. The third-order valence-corrected chi connectivity index (χ3v) is 2.05. The lowest BCUT2D eigenvalue weighted by Gasteiger charge is -2.06. The average Bonchev–Trinajstić information content (AvgIpc) is 2.35. The maximum atomic E-state index is 11.2. The van der Waals surface area contributed by atoms with Crippen LogP contribution in [0.4, 0.5) is 4.79 Å². The summed E-state index contributed by atoms with van der Waals surface area (Å²) in [7, 11) is 0. The fraction of sp³-hybridized carbons (Fsp3) is 0.182. The molecule has 0 bridgehead atoms. The molecule has 0 saturated carbocycles. The van der Waals surface area contributed by atoms with Crippen molar-refractivity contribution in [2.75, 3.05) is 13.2 Å². The van der Waals surface area contributed by atoms with E-state index in [4.69, 9.17) is 22.1 Å². The summed E-state index contributed by atoms with van der Waals surface area (Å²) >= 11 is 5.67. The van der Waals surface area contributed by atoms with Crippen LogP contribution >= 0.6 is 11.6 Å². The Morgan fingerprint density at radius 1 is 1.16 bits per heavy atom. The first-order valence-corrected chi connectivity index (χ1v) is 5.48. The standard InChI is InChI=1S/C11H11ClN2O5/c12-7-1-3-8(4-2-7)18-6-10(16)19-5-9(15)14-11(13)17/h1-4H,5-6H2,(H3,13,14,15,17). The minimum absolute atomic E-state index is 0.370. The fourth-order valence-electron chi connectivity index (χ4n) is 1.03. The van der Waals surface area contributed by atoms with Crippen LogP contribution < -0.4 is 15.8 Å². The molecule has 19 heavy (non-hydrogen) atoms. The first kappa shape index (κ1) is 14.8. The van der Waals surface area contributed by atoms with Gasteiger partial charge < -0.3 is 15.2 Å². The van der Waals surface area contributed by atoms with Gasteiger partial charge in [-0.1, -0.05) is 11.6 Å². The lowest BCUT2D eigenvalue weighted by Crippen LogP contribution is -2.38. The maximum Gasteiger partial charge on any atom is 0.344 e. The zero-order valence-electron chi connectivity index (χ0n) is 9.72. The third kappa shape index (κ3) is 6.27. The number of nitrogens with one attached hydrogen (secondary N) is 1. The van der Waals surface area contributed by atoms with Gasteiger partial charge in [0, 0.05) is 5.02 Å². The highest BCUT2D eigenvalue weighted by Gasteiger charge is 2.09. The van der Waals surface area contributed by atoms with Crippen LogP contribution in [0.1, 0.15) is 0 Å². The van der Waals surface area contributed by atoms with Gasteiger partial charge in [0.1, 0.15) is 5.75 Å². The van der Waals surface area contributed by atoms with Crippen molar-refractivity contribution in [3.8, 4) is 5.75 Å². The summed E-state index contributed by atoms with van der Waals surface area (Å²) in [5, 5.41) is 2.29. The molecule has 0 atom stereocenters. The summed E-state index contributed by atoms with van der Waals surface area (Å²) in [5.41, 5.74) is 4.70. The molecule has 0 radical (unpaired) electrons. The van der Waals surface area contributed by atoms with Gasteiger partial charge in [-0.2, -0.15) is 0 Å². The van der Waals surface area contributed by atoms with E-state index in [-0.39, 0.29) is 6.61 Å². The second-order valence-corrected chi connectivity index (χ2v) is 3.75. The first-order valence-electron chi connectivity index (χ1n) is 5.10. The molecular formula is C11H11ClN2O5. The molecular weight excluding hydrogens is 276 g/mol. The summed E-state index contributed by atoms with van der Waals surface area (Å²) in [6, 6.07) is 5.34. The molecule has 1 rings (SSSR count). The number of hydrogen-bond donors (Lipinski definition) is 2. The molecule has 1 aromatic carbocycles. The van der Waals surface area contributed by atoms with Crippen LogP contribution in [0.5, 0.6) is 5.75 Å². The number of amides is 3. The number of hydrogen-bond acceptors (Lipinski definition) is 5. The molecule has 0 heterocycles. The predicted octanol–water partition coefficient (Wildman–Crippen LogP) is 0.457. The van der Waals surface area contributed by atoms with Crippen molar-refractivity contribution in [3.63, 3.8) is 0 Å². The number of ether oxygens (including phenoxy) is 2. The Hall–Kier alpha value is -2.28. The van der Waals surface area contributed by atoms with Gasteiger partial charge in [0.05, 0.1) is 0 Å². The summed E-state index contributed by atoms with van der Waals surface area (Å²) in [4.78, 5) is 32.4. The van der Waals surface area contributed by atoms with Gasteiger partial charge in [0.25, 0.3) is 5.91 Å². The monoisotopic (exact) mass is 286 g/mol. The van der Waals surface area contributed by atoms with Crippen LogP contribution in [0, 0.1) is 0 Å². The maximum absolute atomic E-state index is 11.2. The molecule has 1 aromatic rings. The predicted molar refractivity (Wildman–Crippen MR) is 65.6 cm³/mol. The molecule has 0 aliphatic rings. The number of nitrogens with two attached hydrogens (primary N) is 1. The van der Waals surface area contributed by atoms with Crippen molar-refractivity contribution in [2.24, 2.45) is 5.73 Å². The molecule has 0 saturated heterocycles. The van der Waals surface area contributed by atoms with Crippen molar-refractivity contribution in [2.45, 2.75) is 0 Å². The fourth-order valence-corrected chi connectivity index (χ4v) is 1.16. The molecule has 102 valence electrons. The Labute approximate surface area is 113 Å². The second kappa shape index (κ2) is 7.22. The molecule has 0 fully saturated rings. The largest absolute Gasteiger partial charge is 0.482 e. The number of halogens is 1. The summed E-state index contributed by atoms with van der Waals surface area (Å²) < 4.78 is 9.62. The molecule has 0 unspecified atom stereocenters. The highest BCUT2D eigenvalue weighted by molar-refractivity contribution is 6.30. The molecule has 0 spiro atoms. The van der Waals surface area contributed by atoms with Crippen LogP contribution in [0.2, 0.25) is 5.02 Å². The average molecular weight is 287 g/mol. The first-order chi connectivity index (χ1) is 8.97. The molecule has 3 amide bonds. The highest BCUT2D eigenvalue weighted by Crippen LogP contribution is 2.15. The Morgan fingerprint density at radius 2 is 1.79 bits per heavy atom.